The van der Waals surface area contributed by atoms with Crippen molar-refractivity contribution in [2.24, 2.45) is 5.92 Å². The summed E-state index contributed by atoms with van der Waals surface area (Å²) >= 11 is 0. The van der Waals surface area contributed by atoms with Crippen LogP contribution in [0.1, 0.15) is 63.6 Å². The molecule has 1 aromatic rings. The van der Waals surface area contributed by atoms with E-state index in [1.807, 2.05) is 0 Å². The molecule has 3 heterocycles. The lowest BCUT2D eigenvalue weighted by atomic mass is 9.83. The van der Waals surface area contributed by atoms with Crippen LogP contribution in [0.25, 0.3) is 0 Å². The molecule has 6 heteroatoms. The Kier molecular flexibility index (Phi) is 4.15. The van der Waals surface area contributed by atoms with Crippen molar-refractivity contribution in [3.8, 4) is 0 Å². The van der Waals surface area contributed by atoms with E-state index in [0.717, 1.165) is 77.1 Å². The van der Waals surface area contributed by atoms with E-state index >= 15 is 0 Å². The average Bonchev–Trinajstić information content (AvgIpc) is 3.21. The molecular weight excluding hydrogens is 296 g/mol. The summed E-state index contributed by atoms with van der Waals surface area (Å²) < 4.78 is 23.0. The van der Waals surface area contributed by atoms with E-state index in [0.29, 0.717) is 11.7 Å². The molecule has 4 rings (SSSR count). The summed E-state index contributed by atoms with van der Waals surface area (Å²) in [6.07, 6.45) is 8.21. The van der Waals surface area contributed by atoms with E-state index in [2.05, 4.69) is 17.1 Å². The zero-order chi connectivity index (χ0) is 15.8. The van der Waals surface area contributed by atoms with E-state index in [-0.39, 0.29) is 11.4 Å². The van der Waals surface area contributed by atoms with Gasteiger partial charge in [0.05, 0.1) is 13.2 Å². The van der Waals surface area contributed by atoms with Gasteiger partial charge in [-0.1, -0.05) is 5.16 Å². The van der Waals surface area contributed by atoms with Crippen LogP contribution in [0, 0.1) is 5.92 Å². The predicted molar refractivity (Wildman–Crippen MR) is 81.8 cm³/mol. The first kappa shape index (κ1) is 15.5. The summed E-state index contributed by atoms with van der Waals surface area (Å²) in [5.74, 6) is 1.73. The van der Waals surface area contributed by atoms with Gasteiger partial charge in [-0.05, 0) is 44.9 Å². The molecule has 1 spiro atoms. The molecule has 3 aliphatic rings. The summed E-state index contributed by atoms with van der Waals surface area (Å²) in [6.45, 7) is 4.32. The summed E-state index contributed by atoms with van der Waals surface area (Å²) in [6, 6.07) is 0. The molecule has 1 aliphatic carbocycles. The van der Waals surface area contributed by atoms with Gasteiger partial charge in [-0.25, -0.2) is 0 Å². The average molecular weight is 322 g/mol. The quantitative estimate of drug-likeness (QED) is 0.852. The standard InChI is InChI=1S/C17H26N2O4/c1-16(6-2-3-9-20-16)15-18-14(23-19-15)12-13-4-7-17(8-5-13)21-10-11-22-17/h13H,2-12H2,1H3. The number of hydrogen-bond donors (Lipinski definition) is 0. The van der Waals surface area contributed by atoms with Crippen molar-refractivity contribution in [3.05, 3.63) is 11.7 Å². The topological polar surface area (TPSA) is 66.6 Å². The van der Waals surface area contributed by atoms with Crippen molar-refractivity contribution in [2.75, 3.05) is 19.8 Å². The van der Waals surface area contributed by atoms with Crippen molar-refractivity contribution in [3.63, 3.8) is 0 Å². The first-order valence-electron chi connectivity index (χ1n) is 8.92. The van der Waals surface area contributed by atoms with Gasteiger partial charge in [0.25, 0.3) is 0 Å². The minimum absolute atomic E-state index is 0.292. The smallest absolute Gasteiger partial charge is 0.227 e. The van der Waals surface area contributed by atoms with E-state index in [1.165, 1.54) is 0 Å². The monoisotopic (exact) mass is 322 g/mol. The third-order valence-electron chi connectivity index (χ3n) is 5.55. The maximum atomic E-state index is 5.90. The highest BCUT2D eigenvalue weighted by Gasteiger charge is 2.41. The fourth-order valence-electron chi connectivity index (χ4n) is 4.02. The van der Waals surface area contributed by atoms with Gasteiger partial charge in [0, 0.05) is 25.9 Å². The van der Waals surface area contributed by atoms with E-state index in [1.54, 1.807) is 0 Å². The number of ether oxygens (including phenoxy) is 3. The van der Waals surface area contributed by atoms with Crippen LogP contribution < -0.4 is 0 Å². The van der Waals surface area contributed by atoms with E-state index < -0.39 is 0 Å². The SMILES string of the molecule is CC1(c2noc(CC3CCC4(CC3)OCCO4)n2)CCCCO1. The van der Waals surface area contributed by atoms with Gasteiger partial charge in [-0.2, -0.15) is 4.98 Å². The van der Waals surface area contributed by atoms with Gasteiger partial charge in [0.1, 0.15) is 5.60 Å². The maximum Gasteiger partial charge on any atom is 0.227 e. The Morgan fingerprint density at radius 2 is 1.78 bits per heavy atom. The van der Waals surface area contributed by atoms with Crippen LogP contribution in [-0.2, 0) is 26.2 Å². The molecule has 23 heavy (non-hydrogen) atoms. The Bertz CT molecular complexity index is 522. The molecular formula is C17H26N2O4. The van der Waals surface area contributed by atoms with E-state index in [4.69, 9.17) is 18.7 Å². The molecule has 3 fully saturated rings. The molecule has 128 valence electrons. The summed E-state index contributed by atoms with van der Waals surface area (Å²) in [4.78, 5) is 4.62. The third-order valence-corrected chi connectivity index (χ3v) is 5.55. The molecule has 0 amide bonds. The molecule has 1 aromatic heterocycles. The van der Waals surface area contributed by atoms with Gasteiger partial charge in [-0.3, -0.25) is 0 Å². The van der Waals surface area contributed by atoms with Crippen molar-refractivity contribution < 1.29 is 18.7 Å². The maximum absolute atomic E-state index is 5.90. The Labute approximate surface area is 136 Å². The lowest BCUT2D eigenvalue weighted by molar-refractivity contribution is -0.182. The second-order valence-corrected chi connectivity index (χ2v) is 7.30. The van der Waals surface area contributed by atoms with Gasteiger partial charge in [0.2, 0.25) is 11.7 Å². The molecule has 1 saturated carbocycles. The van der Waals surface area contributed by atoms with Gasteiger partial charge < -0.3 is 18.7 Å². The lowest BCUT2D eigenvalue weighted by Gasteiger charge is -2.34. The minimum Gasteiger partial charge on any atom is -0.367 e. The highest BCUT2D eigenvalue weighted by Crippen LogP contribution is 2.39. The second-order valence-electron chi connectivity index (χ2n) is 7.30. The highest BCUT2D eigenvalue weighted by atomic mass is 16.7. The van der Waals surface area contributed by atoms with Crippen LogP contribution in [-0.4, -0.2) is 35.7 Å². The van der Waals surface area contributed by atoms with Gasteiger partial charge >= 0.3 is 0 Å². The number of rotatable bonds is 3. The molecule has 0 aromatic carbocycles. The first-order chi connectivity index (χ1) is 11.2. The zero-order valence-corrected chi connectivity index (χ0v) is 13.9. The Morgan fingerprint density at radius 1 is 1.00 bits per heavy atom. The Hall–Kier alpha value is -0.980. The van der Waals surface area contributed by atoms with Crippen LogP contribution in [0.15, 0.2) is 4.52 Å². The van der Waals surface area contributed by atoms with Crippen molar-refractivity contribution >= 4 is 0 Å². The largest absolute Gasteiger partial charge is 0.367 e. The Balaban J connectivity index is 1.35. The minimum atomic E-state index is -0.373. The van der Waals surface area contributed by atoms with Crippen LogP contribution in [0.2, 0.25) is 0 Å². The zero-order valence-electron chi connectivity index (χ0n) is 13.9. The van der Waals surface area contributed by atoms with Crippen LogP contribution in [0.4, 0.5) is 0 Å². The molecule has 0 N–H and O–H groups in total. The predicted octanol–water partition coefficient (Wildman–Crippen LogP) is 2.96. The lowest BCUT2D eigenvalue weighted by Crippen LogP contribution is -2.35. The van der Waals surface area contributed by atoms with Crippen molar-refractivity contribution in [2.45, 2.75) is 69.7 Å². The fourth-order valence-corrected chi connectivity index (χ4v) is 4.02. The van der Waals surface area contributed by atoms with Gasteiger partial charge in [-0.15, -0.1) is 0 Å². The molecule has 1 atom stereocenters. The summed E-state index contributed by atoms with van der Waals surface area (Å²) in [5, 5.41) is 4.19. The molecule has 0 bridgehead atoms. The highest BCUT2D eigenvalue weighted by molar-refractivity contribution is 5.01. The second kappa shape index (κ2) is 6.15. The number of hydrogen-bond acceptors (Lipinski definition) is 6. The molecule has 2 saturated heterocycles. The van der Waals surface area contributed by atoms with Crippen LogP contribution in [0.5, 0.6) is 0 Å². The molecule has 2 aliphatic heterocycles. The molecule has 0 radical (unpaired) electrons. The van der Waals surface area contributed by atoms with Crippen molar-refractivity contribution in [1.82, 2.24) is 10.1 Å². The summed E-state index contributed by atoms with van der Waals surface area (Å²) in [7, 11) is 0. The number of nitrogens with zero attached hydrogens (tertiary/aromatic N) is 2. The van der Waals surface area contributed by atoms with Gasteiger partial charge in [0.15, 0.2) is 5.79 Å². The first-order valence-corrected chi connectivity index (χ1v) is 8.92. The van der Waals surface area contributed by atoms with Crippen molar-refractivity contribution in [1.29, 1.82) is 0 Å². The summed E-state index contributed by atoms with van der Waals surface area (Å²) in [5.41, 5.74) is -0.373. The molecule has 6 nitrogen and oxygen atoms in total. The van der Waals surface area contributed by atoms with Crippen LogP contribution >= 0.6 is 0 Å². The van der Waals surface area contributed by atoms with Crippen LogP contribution in [0.3, 0.4) is 0 Å². The third kappa shape index (κ3) is 3.16. The Morgan fingerprint density at radius 3 is 2.48 bits per heavy atom. The van der Waals surface area contributed by atoms with E-state index in [9.17, 15) is 0 Å². The fraction of sp³-hybridized carbons (Fsp3) is 0.882. The normalized spacial score (nSPS) is 31.7. The number of aromatic nitrogens is 2. The molecule has 1 unspecified atom stereocenters.